The number of rotatable bonds is 5. The quantitative estimate of drug-likeness (QED) is 0.700. The lowest BCUT2D eigenvalue weighted by Crippen LogP contribution is -2.19. The lowest BCUT2D eigenvalue weighted by molar-refractivity contribution is 0.194. The van der Waals surface area contributed by atoms with Gasteiger partial charge in [-0.15, -0.1) is 11.3 Å². The highest BCUT2D eigenvalue weighted by Gasteiger charge is 2.22. The molecule has 0 spiro atoms. The lowest BCUT2D eigenvalue weighted by Gasteiger charge is -2.03. The van der Waals surface area contributed by atoms with Crippen molar-refractivity contribution in [3.8, 4) is 11.4 Å². The Morgan fingerprint density at radius 2 is 1.76 bits per heavy atom. The largest absolute Gasteiger partial charge is 0.465 e. The van der Waals surface area contributed by atoms with E-state index in [1.165, 1.54) is 18.6 Å². The maximum atomic E-state index is 12.6. The third-order valence-electron chi connectivity index (χ3n) is 3.16. The molecule has 0 aliphatic carbocycles. The van der Waals surface area contributed by atoms with E-state index in [4.69, 9.17) is 5.11 Å². The number of nitrogens with zero attached hydrogens (tertiary/aromatic N) is 3. The topological polar surface area (TPSA) is 122 Å². The summed E-state index contributed by atoms with van der Waals surface area (Å²) in [6.07, 6.45) is 2.49. The van der Waals surface area contributed by atoms with E-state index in [2.05, 4.69) is 20.3 Å². The van der Waals surface area contributed by atoms with Crippen LogP contribution < -0.4 is 5.32 Å². The molecule has 1 aromatic carbocycles. The molecule has 2 N–H and O–H groups in total. The van der Waals surface area contributed by atoms with Gasteiger partial charge in [-0.1, -0.05) is 30.3 Å². The molecule has 3 rings (SSSR count). The van der Waals surface area contributed by atoms with Gasteiger partial charge in [0.1, 0.15) is 14.1 Å². The Balaban J connectivity index is 1.84. The summed E-state index contributed by atoms with van der Waals surface area (Å²) in [6.45, 7) is -0.0566. The fraction of sp³-hybridized carbons (Fsp3) is 0.0667. The van der Waals surface area contributed by atoms with Crippen LogP contribution >= 0.6 is 11.3 Å². The first kappa shape index (κ1) is 17.0. The van der Waals surface area contributed by atoms with Gasteiger partial charge < -0.3 is 10.4 Å². The molecule has 0 bridgehead atoms. The first-order valence-corrected chi connectivity index (χ1v) is 9.31. The fourth-order valence-corrected chi connectivity index (χ4v) is 4.37. The maximum absolute atomic E-state index is 12.6. The lowest BCUT2D eigenvalue weighted by atomic mass is 10.2. The van der Waals surface area contributed by atoms with Crippen LogP contribution in [0.3, 0.4) is 0 Å². The van der Waals surface area contributed by atoms with Gasteiger partial charge in [-0.2, -0.15) is 0 Å². The van der Waals surface area contributed by atoms with Gasteiger partial charge in [-0.25, -0.2) is 28.2 Å². The second kappa shape index (κ2) is 6.95. The molecular formula is C15H12N4O4S2. The molecule has 2 heterocycles. The first-order valence-electron chi connectivity index (χ1n) is 7.01. The average molecular weight is 376 g/mol. The second-order valence-electron chi connectivity index (χ2n) is 4.84. The van der Waals surface area contributed by atoms with Crippen molar-refractivity contribution in [1.82, 2.24) is 20.3 Å². The monoisotopic (exact) mass is 376 g/mol. The van der Waals surface area contributed by atoms with E-state index in [1.54, 1.807) is 0 Å². The van der Waals surface area contributed by atoms with Crippen molar-refractivity contribution in [3.05, 3.63) is 53.9 Å². The van der Waals surface area contributed by atoms with Crippen molar-refractivity contribution in [2.24, 2.45) is 0 Å². The highest BCUT2D eigenvalue weighted by molar-refractivity contribution is 7.93. The van der Waals surface area contributed by atoms with Gasteiger partial charge >= 0.3 is 6.09 Å². The predicted molar refractivity (Wildman–Crippen MR) is 89.9 cm³/mol. The molecule has 0 radical (unpaired) electrons. The van der Waals surface area contributed by atoms with Gasteiger partial charge in [0.2, 0.25) is 9.84 Å². The molecule has 0 aliphatic rings. The summed E-state index contributed by atoms with van der Waals surface area (Å²) in [4.78, 5) is 22.6. The summed E-state index contributed by atoms with van der Waals surface area (Å²) >= 11 is 0.897. The molecule has 0 saturated heterocycles. The number of thiazole rings is 1. The third-order valence-corrected chi connectivity index (χ3v) is 6.33. The minimum absolute atomic E-state index is 0.00532. The van der Waals surface area contributed by atoms with E-state index >= 15 is 0 Å². The molecule has 0 atom stereocenters. The molecule has 0 fully saturated rings. The Labute approximate surface area is 147 Å². The van der Waals surface area contributed by atoms with Crippen molar-refractivity contribution in [1.29, 1.82) is 0 Å². The molecule has 25 heavy (non-hydrogen) atoms. The van der Waals surface area contributed by atoms with Crippen molar-refractivity contribution < 1.29 is 18.3 Å². The van der Waals surface area contributed by atoms with E-state index in [0.29, 0.717) is 10.8 Å². The number of hydrogen-bond donors (Lipinski definition) is 2. The van der Waals surface area contributed by atoms with Gasteiger partial charge in [-0.3, -0.25) is 0 Å². The first-order chi connectivity index (χ1) is 12.0. The molecule has 0 aliphatic heterocycles. The molecule has 8 nitrogen and oxygen atoms in total. The zero-order valence-corrected chi connectivity index (χ0v) is 14.3. The van der Waals surface area contributed by atoms with Crippen LogP contribution in [-0.4, -0.2) is 34.6 Å². The van der Waals surface area contributed by atoms with Crippen LogP contribution in [0.25, 0.3) is 11.4 Å². The summed E-state index contributed by atoms with van der Waals surface area (Å²) in [5.41, 5.74) is 0.784. The zero-order chi connectivity index (χ0) is 17.9. The van der Waals surface area contributed by atoms with Gasteiger partial charge in [0.15, 0.2) is 5.82 Å². The number of carboxylic acid groups (broad SMARTS) is 1. The van der Waals surface area contributed by atoms with Crippen LogP contribution in [0, 0.1) is 0 Å². The summed E-state index contributed by atoms with van der Waals surface area (Å²) in [5.74, 6) is 0.426. The van der Waals surface area contributed by atoms with Crippen LogP contribution in [0.15, 0.2) is 58.0 Å². The highest BCUT2D eigenvalue weighted by Crippen LogP contribution is 2.26. The Morgan fingerprint density at radius 3 is 2.40 bits per heavy atom. The Hall–Kier alpha value is -2.85. The van der Waals surface area contributed by atoms with Crippen LogP contribution in [0.2, 0.25) is 0 Å². The highest BCUT2D eigenvalue weighted by atomic mass is 32.2. The molecule has 0 saturated carbocycles. The SMILES string of the molecule is O=C(O)NCc1ncc(S(=O)(=O)c2cnc(-c3ccccc3)nc2)s1. The minimum Gasteiger partial charge on any atom is -0.465 e. The summed E-state index contributed by atoms with van der Waals surface area (Å²) in [5, 5.41) is 11.1. The van der Waals surface area contributed by atoms with Gasteiger partial charge in [0.05, 0.1) is 25.1 Å². The number of sulfone groups is 1. The van der Waals surface area contributed by atoms with Gasteiger partial charge in [0, 0.05) is 5.56 Å². The number of benzene rings is 1. The van der Waals surface area contributed by atoms with E-state index in [1.807, 2.05) is 30.3 Å². The van der Waals surface area contributed by atoms with Crippen molar-refractivity contribution >= 4 is 27.3 Å². The number of nitrogens with one attached hydrogen (secondary N) is 1. The third kappa shape index (κ3) is 3.80. The average Bonchev–Trinajstić information content (AvgIpc) is 3.11. The van der Waals surface area contributed by atoms with Crippen LogP contribution in [0.1, 0.15) is 5.01 Å². The minimum atomic E-state index is -3.80. The summed E-state index contributed by atoms with van der Waals surface area (Å²) in [7, 11) is -3.80. The van der Waals surface area contributed by atoms with E-state index in [9.17, 15) is 13.2 Å². The fourth-order valence-electron chi connectivity index (χ4n) is 1.96. The molecule has 0 unspecified atom stereocenters. The van der Waals surface area contributed by atoms with Crippen molar-refractivity contribution in [2.45, 2.75) is 15.6 Å². The van der Waals surface area contributed by atoms with Crippen molar-refractivity contribution in [3.63, 3.8) is 0 Å². The number of hydrogen-bond acceptors (Lipinski definition) is 7. The van der Waals surface area contributed by atoms with Crippen molar-refractivity contribution in [2.75, 3.05) is 0 Å². The normalized spacial score (nSPS) is 11.2. The Morgan fingerprint density at radius 1 is 1.08 bits per heavy atom. The Bertz CT molecular complexity index is 986. The zero-order valence-electron chi connectivity index (χ0n) is 12.7. The predicted octanol–water partition coefficient (Wildman–Crippen LogP) is 2.20. The van der Waals surface area contributed by atoms with Crippen LogP contribution in [0.4, 0.5) is 4.79 Å². The Kier molecular flexibility index (Phi) is 4.72. The maximum Gasteiger partial charge on any atom is 0.405 e. The van der Waals surface area contributed by atoms with Gasteiger partial charge in [0.25, 0.3) is 0 Å². The molecule has 1 amide bonds. The standard InChI is InChI=1S/C15H12N4O4S2/c20-15(21)19-8-12-16-9-13(24-12)25(22,23)11-6-17-14(18-7-11)10-4-2-1-3-5-10/h1-7,9,19H,8H2,(H,20,21). The molecule has 2 aromatic heterocycles. The molecule has 128 valence electrons. The van der Waals surface area contributed by atoms with E-state index in [0.717, 1.165) is 16.9 Å². The van der Waals surface area contributed by atoms with E-state index < -0.39 is 15.9 Å². The number of amides is 1. The molecule has 3 aromatic rings. The van der Waals surface area contributed by atoms with Gasteiger partial charge in [-0.05, 0) is 0 Å². The summed E-state index contributed by atoms with van der Waals surface area (Å²) < 4.78 is 25.2. The van der Waals surface area contributed by atoms with Crippen LogP contribution in [0.5, 0.6) is 0 Å². The van der Waals surface area contributed by atoms with Crippen LogP contribution in [-0.2, 0) is 16.4 Å². The second-order valence-corrected chi connectivity index (χ2v) is 8.14. The number of aromatic nitrogens is 3. The molecular weight excluding hydrogens is 364 g/mol. The molecule has 10 heteroatoms. The number of carbonyl (C=O) groups is 1. The van der Waals surface area contributed by atoms with E-state index in [-0.39, 0.29) is 15.6 Å². The smallest absolute Gasteiger partial charge is 0.405 e. The summed E-state index contributed by atoms with van der Waals surface area (Å²) in [6, 6.07) is 9.20.